The summed E-state index contributed by atoms with van der Waals surface area (Å²) >= 11 is 0. The molecule has 5 nitrogen and oxygen atoms in total. The van der Waals surface area contributed by atoms with Gasteiger partial charge < -0.3 is 15.0 Å². The minimum atomic E-state index is -0.433. The van der Waals surface area contributed by atoms with Crippen molar-refractivity contribution in [3.05, 3.63) is 101 Å². The van der Waals surface area contributed by atoms with E-state index in [1.165, 1.54) is 24.3 Å². The van der Waals surface area contributed by atoms with E-state index in [1.807, 2.05) is 25.1 Å². The fourth-order valence-corrected chi connectivity index (χ4v) is 4.24. The molecule has 0 aliphatic carbocycles. The van der Waals surface area contributed by atoms with E-state index < -0.39 is 6.04 Å². The van der Waals surface area contributed by atoms with Crippen LogP contribution in [0, 0.1) is 11.6 Å². The average Bonchev–Trinajstić information content (AvgIpc) is 2.85. The number of carbonyl (C=O) groups excluding carboxylic acids is 2. The summed E-state index contributed by atoms with van der Waals surface area (Å²) in [5.74, 6) is -0.599. The van der Waals surface area contributed by atoms with Gasteiger partial charge in [0, 0.05) is 19.5 Å². The summed E-state index contributed by atoms with van der Waals surface area (Å²) in [5, 5.41) is 2.70. The molecule has 2 amide bonds. The molecule has 34 heavy (non-hydrogen) atoms. The number of rotatable bonds is 7. The summed E-state index contributed by atoms with van der Waals surface area (Å²) in [6.45, 7) is 2.34. The molecule has 0 spiro atoms. The monoisotopic (exact) mass is 464 g/mol. The highest BCUT2D eigenvalue weighted by atomic mass is 19.1. The maximum absolute atomic E-state index is 14.0. The normalized spacial score (nSPS) is 14.9. The zero-order chi connectivity index (χ0) is 24.1. The van der Waals surface area contributed by atoms with Gasteiger partial charge in [0.05, 0.1) is 6.04 Å². The van der Waals surface area contributed by atoms with Crippen molar-refractivity contribution in [2.45, 2.75) is 32.4 Å². The Morgan fingerprint density at radius 3 is 2.53 bits per heavy atom. The van der Waals surface area contributed by atoms with Crippen LogP contribution in [0.1, 0.15) is 41.6 Å². The van der Waals surface area contributed by atoms with E-state index in [0.29, 0.717) is 36.3 Å². The lowest BCUT2D eigenvalue weighted by atomic mass is 9.87. The van der Waals surface area contributed by atoms with E-state index >= 15 is 0 Å². The van der Waals surface area contributed by atoms with Gasteiger partial charge >= 0.3 is 0 Å². The second kappa shape index (κ2) is 10.5. The van der Waals surface area contributed by atoms with Crippen LogP contribution >= 0.6 is 0 Å². The van der Waals surface area contributed by atoms with Gasteiger partial charge in [0.2, 0.25) is 5.91 Å². The Kier molecular flexibility index (Phi) is 7.21. The molecule has 0 bridgehead atoms. The Labute approximate surface area is 197 Å². The Morgan fingerprint density at radius 2 is 1.79 bits per heavy atom. The van der Waals surface area contributed by atoms with E-state index in [2.05, 4.69) is 5.32 Å². The molecule has 7 heteroatoms. The summed E-state index contributed by atoms with van der Waals surface area (Å²) in [6.07, 6.45) is 1.03. The molecule has 1 aliphatic rings. The van der Waals surface area contributed by atoms with Crippen LogP contribution in [0.3, 0.4) is 0 Å². The average molecular weight is 465 g/mol. The third kappa shape index (κ3) is 5.42. The topological polar surface area (TPSA) is 58.6 Å². The highest BCUT2D eigenvalue weighted by Gasteiger charge is 2.32. The molecular weight excluding hydrogens is 438 g/mol. The first-order valence-corrected chi connectivity index (χ1v) is 11.3. The van der Waals surface area contributed by atoms with E-state index in [9.17, 15) is 18.4 Å². The summed E-state index contributed by atoms with van der Waals surface area (Å²) in [4.78, 5) is 26.7. The lowest BCUT2D eigenvalue weighted by molar-refractivity contribution is -0.133. The van der Waals surface area contributed by atoms with Crippen molar-refractivity contribution in [2.75, 3.05) is 13.2 Å². The van der Waals surface area contributed by atoms with Crippen molar-refractivity contribution >= 4 is 11.8 Å². The molecule has 1 N–H and O–H groups in total. The number of hydrogen-bond donors (Lipinski definition) is 1. The van der Waals surface area contributed by atoms with Gasteiger partial charge in [-0.25, -0.2) is 8.78 Å². The third-order valence-electron chi connectivity index (χ3n) is 5.88. The molecule has 1 aliphatic heterocycles. The largest absolute Gasteiger partial charge is 0.484 e. The number of nitrogens with one attached hydrogen (secondary N) is 1. The van der Waals surface area contributed by atoms with E-state index in [-0.39, 0.29) is 36.6 Å². The maximum atomic E-state index is 14.0. The van der Waals surface area contributed by atoms with Gasteiger partial charge in [-0.2, -0.15) is 0 Å². The molecule has 176 valence electrons. The second-order valence-electron chi connectivity index (χ2n) is 8.20. The van der Waals surface area contributed by atoms with Crippen LogP contribution in [0.25, 0.3) is 0 Å². The number of benzene rings is 3. The Morgan fingerprint density at radius 1 is 1.03 bits per heavy atom. The van der Waals surface area contributed by atoms with E-state index in [1.54, 1.807) is 29.2 Å². The molecule has 0 saturated heterocycles. The molecule has 0 radical (unpaired) electrons. The molecule has 0 aromatic heterocycles. The van der Waals surface area contributed by atoms with Crippen LogP contribution in [0.2, 0.25) is 0 Å². The molecule has 1 unspecified atom stereocenters. The lowest BCUT2D eigenvalue weighted by Gasteiger charge is -2.38. The smallest absolute Gasteiger partial charge is 0.258 e. The highest BCUT2D eigenvalue weighted by Crippen LogP contribution is 2.37. The van der Waals surface area contributed by atoms with Gasteiger partial charge in [-0.3, -0.25) is 9.59 Å². The molecule has 0 fully saturated rings. The van der Waals surface area contributed by atoms with Crippen LogP contribution in [-0.2, 0) is 22.6 Å². The number of amides is 2. The third-order valence-corrected chi connectivity index (χ3v) is 5.88. The Bertz CT molecular complexity index is 1200. The number of fused-ring (bicyclic) bond motifs is 1. The van der Waals surface area contributed by atoms with Gasteiger partial charge in [0.25, 0.3) is 5.91 Å². The molecule has 1 heterocycles. The second-order valence-corrected chi connectivity index (χ2v) is 8.20. The van der Waals surface area contributed by atoms with Crippen molar-refractivity contribution in [2.24, 2.45) is 0 Å². The number of nitrogens with zero attached hydrogens (tertiary/aromatic N) is 1. The molecular formula is C27H26F2N2O3. The zero-order valence-electron chi connectivity index (χ0n) is 18.9. The van der Waals surface area contributed by atoms with Crippen molar-refractivity contribution in [3.63, 3.8) is 0 Å². The quantitative estimate of drug-likeness (QED) is 0.558. The van der Waals surface area contributed by atoms with Crippen LogP contribution in [-0.4, -0.2) is 29.9 Å². The fourth-order valence-electron chi connectivity index (χ4n) is 4.24. The first-order chi connectivity index (χ1) is 16.4. The van der Waals surface area contributed by atoms with Crippen LogP contribution in [0.5, 0.6) is 5.75 Å². The fraction of sp³-hybridized carbons (Fsp3) is 0.259. The maximum Gasteiger partial charge on any atom is 0.258 e. The summed E-state index contributed by atoms with van der Waals surface area (Å²) in [6, 6.07) is 17.4. The Balaban J connectivity index is 1.50. The van der Waals surface area contributed by atoms with Crippen LogP contribution in [0.15, 0.2) is 66.7 Å². The number of halogens is 2. The van der Waals surface area contributed by atoms with Gasteiger partial charge in [-0.15, -0.1) is 0 Å². The minimum Gasteiger partial charge on any atom is -0.484 e. The molecule has 3 aromatic carbocycles. The van der Waals surface area contributed by atoms with Gasteiger partial charge in [-0.05, 0) is 65.1 Å². The van der Waals surface area contributed by atoms with Crippen molar-refractivity contribution < 1.29 is 23.1 Å². The molecule has 0 saturated carbocycles. The summed E-state index contributed by atoms with van der Waals surface area (Å²) < 4.78 is 33.0. The number of hydrogen-bond acceptors (Lipinski definition) is 3. The van der Waals surface area contributed by atoms with Crippen LogP contribution in [0.4, 0.5) is 8.78 Å². The predicted molar refractivity (Wildman–Crippen MR) is 124 cm³/mol. The summed E-state index contributed by atoms with van der Waals surface area (Å²) in [5.41, 5.74) is 3.25. The van der Waals surface area contributed by atoms with Crippen LogP contribution < -0.4 is 10.1 Å². The Hall–Kier alpha value is -3.74. The standard InChI is InChI=1S/C27H26F2N2O3/c1-2-26(33)31-12-11-19-9-10-23(15-24(19)27(31)20-6-4-8-22(29)14-20)34-17-25(32)30-16-18-5-3-7-21(28)13-18/h3-10,13-15,27H,2,11-12,16-17H2,1H3,(H,30,32). The lowest BCUT2D eigenvalue weighted by Crippen LogP contribution is -2.40. The van der Waals surface area contributed by atoms with E-state index in [4.69, 9.17) is 4.74 Å². The first kappa shape index (κ1) is 23.4. The van der Waals surface area contributed by atoms with Crippen molar-refractivity contribution in [1.82, 2.24) is 10.2 Å². The SMILES string of the molecule is CCC(=O)N1CCc2ccc(OCC(=O)NCc3cccc(F)c3)cc2C1c1cccc(F)c1. The minimum absolute atomic E-state index is 0.0111. The first-order valence-electron chi connectivity index (χ1n) is 11.3. The molecule has 4 rings (SSSR count). The van der Waals surface area contributed by atoms with E-state index in [0.717, 1.165) is 11.1 Å². The van der Waals surface area contributed by atoms with Crippen molar-refractivity contribution in [3.8, 4) is 5.75 Å². The van der Waals surface area contributed by atoms with Gasteiger partial charge in [0.1, 0.15) is 17.4 Å². The van der Waals surface area contributed by atoms with Crippen molar-refractivity contribution in [1.29, 1.82) is 0 Å². The van der Waals surface area contributed by atoms with Gasteiger partial charge in [0.15, 0.2) is 6.61 Å². The zero-order valence-corrected chi connectivity index (χ0v) is 18.9. The molecule has 3 aromatic rings. The predicted octanol–water partition coefficient (Wildman–Crippen LogP) is 4.54. The number of carbonyl (C=O) groups is 2. The highest BCUT2D eigenvalue weighted by molar-refractivity contribution is 5.78. The summed E-state index contributed by atoms with van der Waals surface area (Å²) in [7, 11) is 0. The molecule has 1 atom stereocenters. The van der Waals surface area contributed by atoms with Gasteiger partial charge in [-0.1, -0.05) is 37.3 Å². The number of ether oxygens (including phenoxy) is 1.